The minimum absolute atomic E-state index is 0.0385. The number of halogens is 3. The Kier molecular flexibility index (Phi) is 8.85. The highest BCUT2D eigenvalue weighted by molar-refractivity contribution is 6.31. The third-order valence-electron chi connectivity index (χ3n) is 7.44. The SMILES string of the molecule is COCCCc1cc(CN(C(=O)[C@H]2CN(C(=O)O)CC[C@]2(OC)c2ccc(F)c(F)c2)C2CC2)c(Cl)cn1. The topological polar surface area (TPSA) is 92.2 Å². The average Bonchev–Trinajstić information content (AvgIpc) is 3.75. The van der Waals surface area contributed by atoms with E-state index in [-0.39, 0.29) is 38.0 Å². The second kappa shape index (κ2) is 11.9. The number of ether oxygens (including phenoxy) is 2. The van der Waals surface area contributed by atoms with Gasteiger partial charge in [-0.15, -0.1) is 0 Å². The maximum atomic E-state index is 14.3. The summed E-state index contributed by atoms with van der Waals surface area (Å²) in [6.45, 7) is 0.743. The Labute approximate surface area is 225 Å². The molecule has 11 heteroatoms. The van der Waals surface area contributed by atoms with Crippen LogP contribution in [-0.2, 0) is 32.8 Å². The van der Waals surface area contributed by atoms with E-state index in [9.17, 15) is 23.5 Å². The van der Waals surface area contributed by atoms with Crippen molar-refractivity contribution >= 4 is 23.6 Å². The summed E-state index contributed by atoms with van der Waals surface area (Å²) in [5, 5.41) is 10.1. The van der Waals surface area contributed by atoms with Crippen LogP contribution in [0.4, 0.5) is 13.6 Å². The van der Waals surface area contributed by atoms with Crippen molar-refractivity contribution in [3.63, 3.8) is 0 Å². The molecule has 2 aliphatic rings. The number of rotatable bonds is 10. The second-order valence-electron chi connectivity index (χ2n) is 9.81. The van der Waals surface area contributed by atoms with Gasteiger partial charge < -0.3 is 24.4 Å². The van der Waals surface area contributed by atoms with Crippen LogP contribution >= 0.6 is 11.6 Å². The van der Waals surface area contributed by atoms with Crippen LogP contribution in [-0.4, -0.2) is 71.8 Å². The summed E-state index contributed by atoms with van der Waals surface area (Å²) in [6.07, 6.45) is 3.60. The zero-order valence-corrected chi connectivity index (χ0v) is 22.2. The molecule has 1 aliphatic carbocycles. The molecule has 1 aromatic carbocycles. The highest BCUT2D eigenvalue weighted by atomic mass is 35.5. The monoisotopic (exact) mass is 551 g/mol. The number of hydrogen-bond acceptors (Lipinski definition) is 5. The van der Waals surface area contributed by atoms with E-state index in [1.165, 1.54) is 13.2 Å². The maximum absolute atomic E-state index is 14.3. The predicted molar refractivity (Wildman–Crippen MR) is 136 cm³/mol. The highest BCUT2D eigenvalue weighted by Gasteiger charge is 2.52. The normalized spacial score (nSPS) is 21.4. The van der Waals surface area contributed by atoms with E-state index in [1.807, 2.05) is 6.07 Å². The number of carbonyl (C=O) groups is 2. The average molecular weight is 552 g/mol. The smallest absolute Gasteiger partial charge is 0.407 e. The van der Waals surface area contributed by atoms with Gasteiger partial charge in [-0.25, -0.2) is 13.6 Å². The summed E-state index contributed by atoms with van der Waals surface area (Å²) < 4.78 is 39.1. The lowest BCUT2D eigenvalue weighted by Gasteiger charge is -2.47. The molecule has 2 heterocycles. The first-order valence-corrected chi connectivity index (χ1v) is 13.0. The van der Waals surface area contributed by atoms with Crippen molar-refractivity contribution in [2.45, 2.75) is 50.3 Å². The first-order valence-electron chi connectivity index (χ1n) is 12.6. The summed E-state index contributed by atoms with van der Waals surface area (Å²) in [5.41, 5.74) is 0.516. The molecule has 1 aliphatic heterocycles. The van der Waals surface area contributed by atoms with Gasteiger partial charge in [0.15, 0.2) is 11.6 Å². The fraction of sp³-hybridized carbons (Fsp3) is 0.519. The van der Waals surface area contributed by atoms with Crippen LogP contribution < -0.4 is 0 Å². The van der Waals surface area contributed by atoms with Crippen molar-refractivity contribution in [2.24, 2.45) is 5.92 Å². The summed E-state index contributed by atoms with van der Waals surface area (Å²) in [6, 6.07) is 5.26. The van der Waals surface area contributed by atoms with E-state index in [2.05, 4.69) is 4.98 Å². The minimum Gasteiger partial charge on any atom is -0.465 e. The van der Waals surface area contributed by atoms with Gasteiger partial charge in [-0.1, -0.05) is 17.7 Å². The molecule has 0 radical (unpaired) electrons. The predicted octanol–water partition coefficient (Wildman–Crippen LogP) is 4.63. The van der Waals surface area contributed by atoms with Gasteiger partial charge in [-0.05, 0) is 61.4 Å². The second-order valence-corrected chi connectivity index (χ2v) is 10.2. The number of amides is 2. The molecule has 206 valence electrons. The van der Waals surface area contributed by atoms with Crippen LogP contribution in [0.3, 0.4) is 0 Å². The number of carboxylic acid groups (broad SMARTS) is 1. The number of benzene rings is 1. The molecule has 0 spiro atoms. The van der Waals surface area contributed by atoms with Crippen molar-refractivity contribution in [3.05, 3.63) is 63.9 Å². The molecule has 0 unspecified atom stereocenters. The molecule has 8 nitrogen and oxygen atoms in total. The molecular weight excluding hydrogens is 520 g/mol. The molecule has 1 saturated heterocycles. The Morgan fingerprint density at radius 3 is 2.63 bits per heavy atom. The number of nitrogens with zero attached hydrogens (tertiary/aromatic N) is 3. The number of piperidine rings is 1. The largest absolute Gasteiger partial charge is 0.465 e. The molecule has 2 fully saturated rings. The Morgan fingerprint density at radius 2 is 2.00 bits per heavy atom. The number of hydrogen-bond donors (Lipinski definition) is 1. The van der Waals surface area contributed by atoms with Crippen molar-refractivity contribution in [1.82, 2.24) is 14.8 Å². The Morgan fingerprint density at radius 1 is 1.24 bits per heavy atom. The molecule has 0 bridgehead atoms. The molecule has 1 N–H and O–H groups in total. The standard InChI is InChI=1S/C27H32ClF2N3O5/c1-37-11-3-4-19-12-17(22(28)14-31-19)15-33(20-6-7-20)25(34)21-16-32(26(35)36)10-9-27(21,38-2)18-5-8-23(29)24(30)13-18/h5,8,12-14,20-21H,3-4,6-7,9-11,15-16H2,1-2H3,(H,35,36)/t21-,27+/m1/s1. The van der Waals surface area contributed by atoms with Crippen molar-refractivity contribution in [1.29, 1.82) is 0 Å². The van der Waals surface area contributed by atoms with E-state index in [0.29, 0.717) is 23.6 Å². The van der Waals surface area contributed by atoms with Gasteiger partial charge in [0.1, 0.15) is 5.60 Å². The zero-order chi connectivity index (χ0) is 27.4. The lowest BCUT2D eigenvalue weighted by Crippen LogP contribution is -2.58. The lowest BCUT2D eigenvalue weighted by molar-refractivity contribution is -0.159. The molecular formula is C27H32ClF2N3O5. The Balaban J connectivity index is 1.68. The number of pyridine rings is 1. The number of methoxy groups -OCH3 is 2. The molecule has 2 aromatic rings. The number of likely N-dealkylation sites (tertiary alicyclic amines) is 1. The van der Waals surface area contributed by atoms with E-state index < -0.39 is 29.2 Å². The van der Waals surface area contributed by atoms with Gasteiger partial charge in [0.2, 0.25) is 5.91 Å². The van der Waals surface area contributed by atoms with Gasteiger partial charge in [0.05, 0.1) is 10.9 Å². The molecule has 1 aromatic heterocycles. The summed E-state index contributed by atoms with van der Waals surface area (Å²) in [5.74, 6) is -3.38. The lowest BCUT2D eigenvalue weighted by atomic mass is 9.74. The van der Waals surface area contributed by atoms with Crippen LogP contribution in [0, 0.1) is 17.6 Å². The van der Waals surface area contributed by atoms with Gasteiger partial charge in [0.25, 0.3) is 0 Å². The van der Waals surface area contributed by atoms with Crippen molar-refractivity contribution < 1.29 is 33.0 Å². The third-order valence-corrected chi connectivity index (χ3v) is 7.78. The van der Waals surface area contributed by atoms with Gasteiger partial charge >= 0.3 is 6.09 Å². The minimum atomic E-state index is -1.34. The van der Waals surface area contributed by atoms with E-state index in [4.69, 9.17) is 21.1 Å². The van der Waals surface area contributed by atoms with Crippen LogP contribution in [0.15, 0.2) is 30.5 Å². The van der Waals surface area contributed by atoms with Gasteiger partial charge in [0, 0.05) is 58.4 Å². The van der Waals surface area contributed by atoms with Crippen LogP contribution in [0.25, 0.3) is 0 Å². The maximum Gasteiger partial charge on any atom is 0.407 e. The van der Waals surface area contributed by atoms with Crippen LogP contribution in [0.1, 0.15) is 42.5 Å². The number of aryl methyl sites for hydroxylation is 1. The Hall–Kier alpha value is -2.82. The molecule has 2 atom stereocenters. The van der Waals surface area contributed by atoms with Crippen molar-refractivity contribution in [2.75, 3.05) is 33.9 Å². The fourth-order valence-electron chi connectivity index (χ4n) is 5.19. The molecule has 4 rings (SSSR count). The fourth-order valence-corrected chi connectivity index (χ4v) is 5.36. The first-order chi connectivity index (χ1) is 18.2. The first kappa shape index (κ1) is 28.2. The van der Waals surface area contributed by atoms with Crippen molar-refractivity contribution in [3.8, 4) is 0 Å². The van der Waals surface area contributed by atoms with E-state index >= 15 is 0 Å². The Bertz CT molecular complexity index is 1180. The zero-order valence-electron chi connectivity index (χ0n) is 21.5. The summed E-state index contributed by atoms with van der Waals surface area (Å²) >= 11 is 6.48. The summed E-state index contributed by atoms with van der Waals surface area (Å²) in [4.78, 5) is 33.4. The number of carbonyl (C=O) groups excluding carboxylic acids is 1. The molecule has 38 heavy (non-hydrogen) atoms. The summed E-state index contributed by atoms with van der Waals surface area (Å²) in [7, 11) is 3.04. The molecule has 2 amide bonds. The van der Waals surface area contributed by atoms with E-state index in [0.717, 1.165) is 47.6 Å². The number of aromatic nitrogens is 1. The quantitative estimate of drug-likeness (QED) is 0.433. The third kappa shape index (κ3) is 5.92. The van der Waals surface area contributed by atoms with Gasteiger partial charge in [-0.3, -0.25) is 9.78 Å². The van der Waals surface area contributed by atoms with Crippen LogP contribution in [0.5, 0.6) is 0 Å². The van der Waals surface area contributed by atoms with Gasteiger partial charge in [-0.2, -0.15) is 0 Å². The van der Waals surface area contributed by atoms with Crippen LogP contribution in [0.2, 0.25) is 5.02 Å². The van der Waals surface area contributed by atoms with E-state index in [1.54, 1.807) is 18.2 Å². The highest BCUT2D eigenvalue weighted by Crippen LogP contribution is 2.44. The molecule has 1 saturated carbocycles.